The highest BCUT2D eigenvalue weighted by Gasteiger charge is 2.17. The fraction of sp³-hybridized carbons (Fsp3) is 0.211. The quantitative estimate of drug-likeness (QED) is 0.672. The van der Waals surface area contributed by atoms with E-state index < -0.39 is 5.97 Å². The number of rotatable bonds is 5. The lowest BCUT2D eigenvalue weighted by Gasteiger charge is -2.14. The predicted octanol–water partition coefficient (Wildman–Crippen LogP) is 4.29. The topological polar surface area (TPSA) is 73.3 Å². The molecule has 3 rings (SSSR count). The number of aryl methyl sites for hydroxylation is 1. The van der Waals surface area contributed by atoms with Gasteiger partial charge in [0.05, 0.1) is 19.4 Å². The zero-order chi connectivity index (χ0) is 17.8. The standard InChI is InChI=1S/C19H19N3O3.ClH/c1-4-25-19(23)16-11-20-18-15(9-8-12(2)21-18)17(16)22-13-6-5-7-14(10-13)24-3;/h5-11H,4H2,1-3H3,(H,20,21,22);1H. The second kappa shape index (κ2) is 8.49. The fourth-order valence-electron chi connectivity index (χ4n) is 2.52. The highest BCUT2D eigenvalue weighted by atomic mass is 35.5. The molecule has 0 aliphatic heterocycles. The van der Waals surface area contributed by atoms with Crippen LogP contribution in [0.15, 0.2) is 42.6 Å². The van der Waals surface area contributed by atoms with Gasteiger partial charge in [-0.3, -0.25) is 0 Å². The number of anilines is 2. The maximum atomic E-state index is 12.3. The molecular weight excluding hydrogens is 354 g/mol. The number of benzene rings is 1. The van der Waals surface area contributed by atoms with Gasteiger partial charge in [-0.1, -0.05) is 6.07 Å². The van der Waals surface area contributed by atoms with E-state index in [1.807, 2.05) is 43.3 Å². The monoisotopic (exact) mass is 373 g/mol. The first kappa shape index (κ1) is 19.5. The number of hydrogen-bond acceptors (Lipinski definition) is 6. The number of nitrogens with one attached hydrogen (secondary N) is 1. The van der Waals surface area contributed by atoms with E-state index in [4.69, 9.17) is 9.47 Å². The maximum Gasteiger partial charge on any atom is 0.341 e. The molecule has 26 heavy (non-hydrogen) atoms. The smallest absolute Gasteiger partial charge is 0.341 e. The van der Waals surface area contributed by atoms with E-state index in [1.165, 1.54) is 6.20 Å². The van der Waals surface area contributed by atoms with Gasteiger partial charge in [0, 0.05) is 29.0 Å². The lowest BCUT2D eigenvalue weighted by molar-refractivity contribution is 0.0527. The number of halogens is 1. The molecule has 0 bridgehead atoms. The van der Waals surface area contributed by atoms with Crippen molar-refractivity contribution in [3.63, 3.8) is 0 Å². The van der Waals surface area contributed by atoms with Crippen molar-refractivity contribution in [1.82, 2.24) is 9.97 Å². The maximum absolute atomic E-state index is 12.3. The van der Waals surface area contributed by atoms with Crippen molar-refractivity contribution in [3.05, 3.63) is 53.9 Å². The Hall–Kier alpha value is -2.86. The van der Waals surface area contributed by atoms with Crippen LogP contribution in [0.25, 0.3) is 11.0 Å². The summed E-state index contributed by atoms with van der Waals surface area (Å²) in [4.78, 5) is 21.1. The summed E-state index contributed by atoms with van der Waals surface area (Å²) in [6, 6.07) is 11.3. The third kappa shape index (κ3) is 4.03. The first-order chi connectivity index (χ1) is 12.1. The molecule has 0 fully saturated rings. The number of aromatic nitrogens is 2. The van der Waals surface area contributed by atoms with E-state index in [-0.39, 0.29) is 12.4 Å². The van der Waals surface area contributed by atoms with Gasteiger partial charge >= 0.3 is 5.97 Å². The molecule has 1 N–H and O–H groups in total. The molecule has 0 saturated carbocycles. The van der Waals surface area contributed by atoms with Crippen LogP contribution in [0.1, 0.15) is 23.0 Å². The van der Waals surface area contributed by atoms with Gasteiger partial charge in [0.15, 0.2) is 5.65 Å². The molecule has 0 unspecified atom stereocenters. The summed E-state index contributed by atoms with van der Waals surface area (Å²) in [5, 5.41) is 4.04. The summed E-state index contributed by atoms with van der Waals surface area (Å²) in [5.41, 5.74) is 3.19. The number of pyridine rings is 2. The Labute approximate surface area is 158 Å². The first-order valence-corrected chi connectivity index (χ1v) is 7.97. The largest absolute Gasteiger partial charge is 0.497 e. The third-order valence-electron chi connectivity index (χ3n) is 3.70. The van der Waals surface area contributed by atoms with Crippen molar-refractivity contribution in [3.8, 4) is 5.75 Å². The summed E-state index contributed by atoms with van der Waals surface area (Å²) in [5.74, 6) is 0.290. The lowest BCUT2D eigenvalue weighted by atomic mass is 10.1. The van der Waals surface area contributed by atoms with Crippen molar-refractivity contribution in [2.75, 3.05) is 19.0 Å². The van der Waals surface area contributed by atoms with Crippen molar-refractivity contribution in [2.45, 2.75) is 13.8 Å². The molecule has 3 aromatic rings. The van der Waals surface area contributed by atoms with E-state index in [0.717, 1.165) is 22.5 Å². The minimum absolute atomic E-state index is 0. The van der Waals surface area contributed by atoms with E-state index in [2.05, 4.69) is 15.3 Å². The number of nitrogens with zero attached hydrogens (tertiary/aromatic N) is 2. The molecule has 6 nitrogen and oxygen atoms in total. The molecule has 0 aliphatic carbocycles. The summed E-state index contributed by atoms with van der Waals surface area (Å²) in [6.45, 7) is 3.96. The van der Waals surface area contributed by atoms with Crippen LogP contribution in [-0.2, 0) is 4.74 Å². The van der Waals surface area contributed by atoms with Crippen LogP contribution >= 0.6 is 12.4 Å². The van der Waals surface area contributed by atoms with Gasteiger partial charge in [-0.05, 0) is 38.1 Å². The second-order valence-corrected chi connectivity index (χ2v) is 5.45. The minimum atomic E-state index is -0.428. The third-order valence-corrected chi connectivity index (χ3v) is 3.70. The van der Waals surface area contributed by atoms with Crippen LogP contribution in [0.3, 0.4) is 0 Å². The summed E-state index contributed by atoms with van der Waals surface area (Å²) in [7, 11) is 1.61. The SMILES string of the molecule is CCOC(=O)c1cnc2nc(C)ccc2c1Nc1cccc(OC)c1.Cl. The van der Waals surface area contributed by atoms with Crippen molar-refractivity contribution >= 4 is 40.8 Å². The van der Waals surface area contributed by atoms with Crippen molar-refractivity contribution < 1.29 is 14.3 Å². The summed E-state index contributed by atoms with van der Waals surface area (Å²) in [6.07, 6.45) is 1.50. The van der Waals surface area contributed by atoms with E-state index in [0.29, 0.717) is 23.5 Å². The molecule has 0 radical (unpaired) electrons. The number of esters is 1. The average molecular weight is 374 g/mol. The number of carbonyl (C=O) groups is 1. The van der Waals surface area contributed by atoms with Gasteiger partial charge in [-0.2, -0.15) is 0 Å². The second-order valence-electron chi connectivity index (χ2n) is 5.45. The molecule has 7 heteroatoms. The Morgan fingerprint density at radius 1 is 1.23 bits per heavy atom. The molecule has 2 aromatic heterocycles. The Kier molecular flexibility index (Phi) is 6.36. The Morgan fingerprint density at radius 2 is 2.04 bits per heavy atom. The molecule has 0 aliphatic rings. The van der Waals surface area contributed by atoms with E-state index in [9.17, 15) is 4.79 Å². The lowest BCUT2D eigenvalue weighted by Crippen LogP contribution is -2.09. The van der Waals surface area contributed by atoms with Crippen LogP contribution < -0.4 is 10.1 Å². The zero-order valence-electron chi connectivity index (χ0n) is 14.8. The van der Waals surface area contributed by atoms with Crippen molar-refractivity contribution in [1.29, 1.82) is 0 Å². The average Bonchev–Trinajstić information content (AvgIpc) is 2.62. The van der Waals surface area contributed by atoms with E-state index in [1.54, 1.807) is 14.0 Å². The minimum Gasteiger partial charge on any atom is -0.497 e. The van der Waals surface area contributed by atoms with Gasteiger partial charge in [-0.25, -0.2) is 14.8 Å². The number of methoxy groups -OCH3 is 1. The fourth-order valence-corrected chi connectivity index (χ4v) is 2.52. The Balaban J connectivity index is 0.00000243. The highest BCUT2D eigenvalue weighted by Crippen LogP contribution is 2.30. The van der Waals surface area contributed by atoms with Crippen LogP contribution in [-0.4, -0.2) is 29.7 Å². The number of carbonyl (C=O) groups excluding carboxylic acids is 1. The van der Waals surface area contributed by atoms with Gasteiger partial charge in [-0.15, -0.1) is 12.4 Å². The molecule has 2 heterocycles. The number of hydrogen-bond donors (Lipinski definition) is 1. The highest BCUT2D eigenvalue weighted by molar-refractivity contribution is 6.05. The van der Waals surface area contributed by atoms with Crippen LogP contribution in [0.2, 0.25) is 0 Å². The molecule has 136 valence electrons. The number of ether oxygens (including phenoxy) is 2. The molecule has 0 amide bonds. The zero-order valence-corrected chi connectivity index (χ0v) is 15.6. The summed E-state index contributed by atoms with van der Waals surface area (Å²) < 4.78 is 10.4. The molecule has 1 aromatic carbocycles. The Bertz CT molecular complexity index is 931. The molecule has 0 atom stereocenters. The Morgan fingerprint density at radius 3 is 2.77 bits per heavy atom. The molecule has 0 spiro atoms. The van der Waals surface area contributed by atoms with Gasteiger partial charge in [0.25, 0.3) is 0 Å². The predicted molar refractivity (Wildman–Crippen MR) is 104 cm³/mol. The summed E-state index contributed by atoms with van der Waals surface area (Å²) >= 11 is 0. The molecular formula is C19H20ClN3O3. The number of fused-ring (bicyclic) bond motifs is 1. The van der Waals surface area contributed by atoms with Gasteiger partial charge < -0.3 is 14.8 Å². The van der Waals surface area contributed by atoms with Gasteiger partial charge in [0.1, 0.15) is 11.3 Å². The van der Waals surface area contributed by atoms with E-state index >= 15 is 0 Å². The van der Waals surface area contributed by atoms with Crippen molar-refractivity contribution in [2.24, 2.45) is 0 Å². The van der Waals surface area contributed by atoms with Crippen LogP contribution in [0.5, 0.6) is 5.75 Å². The van der Waals surface area contributed by atoms with Gasteiger partial charge in [0.2, 0.25) is 0 Å². The van der Waals surface area contributed by atoms with Crippen LogP contribution in [0.4, 0.5) is 11.4 Å². The first-order valence-electron chi connectivity index (χ1n) is 7.97. The van der Waals surface area contributed by atoms with Crippen LogP contribution in [0, 0.1) is 6.92 Å². The molecule has 0 saturated heterocycles. The normalized spacial score (nSPS) is 10.1.